The Morgan fingerprint density at radius 2 is 1.95 bits per heavy atom. The smallest absolute Gasteiger partial charge is 0.128 e. The standard InChI is InChI=1S/C17H18BrClFN/c1-3-8-21-17(13-6-4-11(2)9-15(13)19)14-10-12(18)5-7-16(14)20/h4-7,9-10,17,21H,3,8H2,1-2H3. The fraction of sp³-hybridized carbons (Fsp3) is 0.294. The van der Waals surface area contributed by atoms with Gasteiger partial charge >= 0.3 is 0 Å². The highest BCUT2D eigenvalue weighted by Gasteiger charge is 2.20. The first-order valence-corrected chi connectivity index (χ1v) is 8.14. The zero-order valence-electron chi connectivity index (χ0n) is 12.1. The van der Waals surface area contributed by atoms with Crippen molar-refractivity contribution >= 4 is 27.5 Å². The van der Waals surface area contributed by atoms with E-state index in [2.05, 4.69) is 28.2 Å². The average molecular weight is 371 g/mol. The van der Waals surface area contributed by atoms with E-state index >= 15 is 0 Å². The molecular weight excluding hydrogens is 353 g/mol. The van der Waals surface area contributed by atoms with E-state index in [9.17, 15) is 4.39 Å². The largest absolute Gasteiger partial charge is 0.306 e. The summed E-state index contributed by atoms with van der Waals surface area (Å²) in [6.07, 6.45) is 0.968. The monoisotopic (exact) mass is 369 g/mol. The first kappa shape index (κ1) is 16.5. The lowest BCUT2D eigenvalue weighted by Gasteiger charge is -2.22. The van der Waals surface area contributed by atoms with Crippen LogP contribution in [0, 0.1) is 12.7 Å². The van der Waals surface area contributed by atoms with Gasteiger partial charge in [0.15, 0.2) is 0 Å². The minimum atomic E-state index is -0.254. The van der Waals surface area contributed by atoms with Gasteiger partial charge in [-0.25, -0.2) is 4.39 Å². The Kier molecular flexibility index (Phi) is 5.80. The molecule has 0 saturated carbocycles. The summed E-state index contributed by atoms with van der Waals surface area (Å²) in [6.45, 7) is 4.86. The minimum Gasteiger partial charge on any atom is -0.306 e. The lowest BCUT2D eigenvalue weighted by atomic mass is 9.97. The lowest BCUT2D eigenvalue weighted by Crippen LogP contribution is -2.24. The molecule has 2 rings (SSSR count). The van der Waals surface area contributed by atoms with Gasteiger partial charge in [0.2, 0.25) is 0 Å². The van der Waals surface area contributed by atoms with Crippen molar-refractivity contribution in [2.75, 3.05) is 6.54 Å². The van der Waals surface area contributed by atoms with Crippen molar-refractivity contribution in [1.29, 1.82) is 0 Å². The van der Waals surface area contributed by atoms with Crippen LogP contribution >= 0.6 is 27.5 Å². The first-order valence-electron chi connectivity index (χ1n) is 6.97. The fourth-order valence-electron chi connectivity index (χ4n) is 2.28. The average Bonchev–Trinajstić information content (AvgIpc) is 2.44. The Hall–Kier alpha value is -0.900. The van der Waals surface area contributed by atoms with Gasteiger partial charge in [-0.15, -0.1) is 0 Å². The van der Waals surface area contributed by atoms with E-state index in [1.807, 2.05) is 25.1 Å². The van der Waals surface area contributed by atoms with Crippen molar-refractivity contribution < 1.29 is 4.39 Å². The molecule has 0 aliphatic carbocycles. The molecule has 0 heterocycles. The van der Waals surface area contributed by atoms with Crippen molar-refractivity contribution in [3.05, 3.63) is 68.4 Å². The zero-order chi connectivity index (χ0) is 15.4. The van der Waals surface area contributed by atoms with Gasteiger partial charge in [0.25, 0.3) is 0 Å². The molecule has 0 saturated heterocycles. The molecule has 0 aliphatic heterocycles. The maximum atomic E-state index is 14.2. The Balaban J connectivity index is 2.49. The first-order chi connectivity index (χ1) is 10.0. The SMILES string of the molecule is CCCNC(c1cc(Br)ccc1F)c1ccc(C)cc1Cl. The highest BCUT2D eigenvalue weighted by molar-refractivity contribution is 9.10. The Bertz CT molecular complexity index is 630. The van der Waals surface area contributed by atoms with Gasteiger partial charge in [0.05, 0.1) is 6.04 Å². The van der Waals surface area contributed by atoms with Crippen molar-refractivity contribution in [3.63, 3.8) is 0 Å². The number of hydrogen-bond donors (Lipinski definition) is 1. The Morgan fingerprint density at radius 1 is 1.19 bits per heavy atom. The molecule has 0 radical (unpaired) electrons. The number of nitrogens with one attached hydrogen (secondary N) is 1. The highest BCUT2D eigenvalue weighted by Crippen LogP contribution is 2.32. The summed E-state index contributed by atoms with van der Waals surface area (Å²) in [6, 6.07) is 10.6. The van der Waals surface area contributed by atoms with Crippen LogP contribution in [0.15, 0.2) is 40.9 Å². The second-order valence-electron chi connectivity index (χ2n) is 5.08. The van der Waals surface area contributed by atoms with Crippen molar-refractivity contribution in [2.24, 2.45) is 0 Å². The van der Waals surface area contributed by atoms with E-state index in [-0.39, 0.29) is 11.9 Å². The van der Waals surface area contributed by atoms with Crippen LogP contribution in [0.2, 0.25) is 5.02 Å². The van der Waals surface area contributed by atoms with Crippen molar-refractivity contribution in [1.82, 2.24) is 5.32 Å². The summed E-state index contributed by atoms with van der Waals surface area (Å²) in [5.74, 6) is -0.233. The quantitative estimate of drug-likeness (QED) is 0.718. The highest BCUT2D eigenvalue weighted by atomic mass is 79.9. The van der Waals surface area contributed by atoms with E-state index in [1.54, 1.807) is 12.1 Å². The molecule has 0 spiro atoms. The summed E-state index contributed by atoms with van der Waals surface area (Å²) in [7, 11) is 0. The lowest BCUT2D eigenvalue weighted by molar-refractivity contribution is 0.546. The maximum Gasteiger partial charge on any atom is 0.128 e. The van der Waals surface area contributed by atoms with Crippen LogP contribution in [-0.4, -0.2) is 6.54 Å². The molecule has 112 valence electrons. The molecule has 1 unspecified atom stereocenters. The van der Waals surface area contributed by atoms with Crippen LogP contribution in [0.1, 0.15) is 36.1 Å². The molecule has 0 amide bonds. The molecule has 0 aromatic heterocycles. The van der Waals surface area contributed by atoms with Gasteiger partial charge < -0.3 is 5.32 Å². The third kappa shape index (κ3) is 4.06. The number of rotatable bonds is 5. The Labute approximate surface area is 138 Å². The maximum absolute atomic E-state index is 14.2. The third-order valence-electron chi connectivity index (χ3n) is 3.33. The molecule has 4 heteroatoms. The number of benzene rings is 2. The second kappa shape index (κ2) is 7.39. The minimum absolute atomic E-state index is 0.233. The second-order valence-corrected chi connectivity index (χ2v) is 6.40. The van der Waals surface area contributed by atoms with E-state index < -0.39 is 0 Å². The molecule has 2 aromatic carbocycles. The zero-order valence-corrected chi connectivity index (χ0v) is 14.4. The van der Waals surface area contributed by atoms with E-state index in [4.69, 9.17) is 11.6 Å². The molecule has 1 atom stereocenters. The van der Waals surface area contributed by atoms with Crippen molar-refractivity contribution in [3.8, 4) is 0 Å². The Morgan fingerprint density at radius 3 is 2.62 bits per heavy atom. The van der Waals surface area contributed by atoms with Gasteiger partial charge in [-0.3, -0.25) is 0 Å². The third-order valence-corrected chi connectivity index (χ3v) is 4.16. The van der Waals surface area contributed by atoms with Crippen LogP contribution in [0.5, 0.6) is 0 Å². The van der Waals surface area contributed by atoms with Crippen LogP contribution < -0.4 is 5.32 Å². The summed E-state index contributed by atoms with van der Waals surface area (Å²) in [4.78, 5) is 0. The van der Waals surface area contributed by atoms with Gasteiger partial charge in [-0.05, 0) is 55.3 Å². The van der Waals surface area contributed by atoms with Crippen LogP contribution in [0.4, 0.5) is 4.39 Å². The molecule has 2 aromatic rings. The van der Waals surface area contributed by atoms with Crippen LogP contribution in [-0.2, 0) is 0 Å². The molecule has 1 nitrogen and oxygen atoms in total. The van der Waals surface area contributed by atoms with Crippen LogP contribution in [0.25, 0.3) is 0 Å². The van der Waals surface area contributed by atoms with Gasteiger partial charge in [0.1, 0.15) is 5.82 Å². The molecule has 1 N–H and O–H groups in total. The summed E-state index contributed by atoms with van der Waals surface area (Å²) in [5, 5.41) is 4.04. The van der Waals surface area contributed by atoms with Gasteiger partial charge in [-0.1, -0.05) is 46.6 Å². The fourth-order valence-corrected chi connectivity index (χ4v) is 3.00. The topological polar surface area (TPSA) is 12.0 Å². The van der Waals surface area contributed by atoms with E-state index in [0.29, 0.717) is 10.6 Å². The molecule has 0 aliphatic rings. The molecule has 21 heavy (non-hydrogen) atoms. The summed E-state index contributed by atoms with van der Waals surface area (Å²) < 4.78 is 15.1. The predicted molar refractivity (Wildman–Crippen MR) is 90.4 cm³/mol. The van der Waals surface area contributed by atoms with Crippen molar-refractivity contribution in [2.45, 2.75) is 26.3 Å². The van der Waals surface area contributed by atoms with Gasteiger partial charge in [-0.2, -0.15) is 0 Å². The summed E-state index contributed by atoms with van der Waals surface area (Å²) in [5.41, 5.74) is 2.59. The summed E-state index contributed by atoms with van der Waals surface area (Å²) >= 11 is 9.78. The molecule has 0 fully saturated rings. The number of hydrogen-bond acceptors (Lipinski definition) is 1. The number of aryl methyl sites for hydroxylation is 1. The van der Waals surface area contributed by atoms with Gasteiger partial charge in [0, 0.05) is 15.1 Å². The normalized spacial score (nSPS) is 12.4. The predicted octanol–water partition coefficient (Wildman–Crippen LogP) is 5.64. The van der Waals surface area contributed by atoms with E-state index in [0.717, 1.165) is 28.6 Å². The van der Waals surface area contributed by atoms with Crippen LogP contribution in [0.3, 0.4) is 0 Å². The number of halogens is 3. The molecule has 0 bridgehead atoms. The van der Waals surface area contributed by atoms with E-state index in [1.165, 1.54) is 6.07 Å². The molecular formula is C17H18BrClFN.